The Hall–Kier alpha value is -9.38. The zero-order valence-electron chi connectivity index (χ0n) is 38.0. The Morgan fingerprint density at radius 3 is 1.13 bits per heavy atom. The van der Waals surface area contributed by atoms with Crippen LogP contribution in [0, 0.1) is 0 Å². The number of hydrogen-bond donors (Lipinski definition) is 0. The molecule has 4 heterocycles. The maximum atomic E-state index is 2.47. The first-order chi connectivity index (χ1) is 34.7. The summed E-state index contributed by atoms with van der Waals surface area (Å²) >= 11 is 0. The van der Waals surface area contributed by atoms with E-state index in [1.165, 1.54) is 104 Å². The molecule has 15 aromatic rings. The zero-order valence-corrected chi connectivity index (χ0v) is 38.0. The van der Waals surface area contributed by atoms with Gasteiger partial charge in [0, 0.05) is 71.5 Å². The first-order valence-electron chi connectivity index (χ1n) is 24.1. The Balaban J connectivity index is 0.863. The van der Waals surface area contributed by atoms with Crippen molar-refractivity contribution in [2.45, 2.75) is 0 Å². The molecule has 0 radical (unpaired) electrons. The van der Waals surface area contributed by atoms with Crippen molar-refractivity contribution in [2.75, 3.05) is 4.90 Å². The first kappa shape index (κ1) is 38.7. The smallest absolute Gasteiger partial charge is 0.0620 e. The predicted octanol–water partition coefficient (Wildman–Crippen LogP) is 17.8. The van der Waals surface area contributed by atoms with Crippen LogP contribution in [-0.4, -0.2) is 13.5 Å². The summed E-state index contributed by atoms with van der Waals surface area (Å²) in [6.45, 7) is 0. The van der Waals surface area contributed by atoms with Crippen LogP contribution in [0.25, 0.3) is 115 Å². The monoisotopic (exact) mass is 890 g/mol. The van der Waals surface area contributed by atoms with Gasteiger partial charge < -0.3 is 18.4 Å². The quantitative estimate of drug-likeness (QED) is 0.156. The lowest BCUT2D eigenvalue weighted by atomic mass is 10.0. The van der Waals surface area contributed by atoms with Crippen molar-refractivity contribution in [2.24, 2.45) is 0 Å². The van der Waals surface area contributed by atoms with Gasteiger partial charge in [0.05, 0.1) is 38.6 Å². The molecule has 4 heteroatoms. The molecule has 0 unspecified atom stereocenters. The van der Waals surface area contributed by atoms with Gasteiger partial charge in [0.1, 0.15) is 0 Å². The molecule has 326 valence electrons. The number of anilines is 3. The highest BCUT2D eigenvalue weighted by molar-refractivity contribution is 6.23. The van der Waals surface area contributed by atoms with Crippen LogP contribution in [0.15, 0.2) is 255 Å². The number of benzene rings is 11. The number of nitrogens with zero attached hydrogens (tertiary/aromatic N) is 4. The summed E-state index contributed by atoms with van der Waals surface area (Å²) in [5, 5.41) is 10.1. The van der Waals surface area contributed by atoms with Crippen molar-refractivity contribution in [3.8, 4) is 33.6 Å². The average molecular weight is 891 g/mol. The van der Waals surface area contributed by atoms with E-state index in [9.17, 15) is 0 Å². The van der Waals surface area contributed by atoms with Gasteiger partial charge in [0.15, 0.2) is 0 Å². The van der Waals surface area contributed by atoms with Crippen molar-refractivity contribution in [3.05, 3.63) is 255 Å². The van der Waals surface area contributed by atoms with E-state index >= 15 is 0 Å². The van der Waals surface area contributed by atoms with Gasteiger partial charge in [-0.2, -0.15) is 0 Å². The van der Waals surface area contributed by atoms with Crippen LogP contribution < -0.4 is 4.90 Å². The minimum absolute atomic E-state index is 1.09. The molecule has 15 rings (SSSR count). The molecule has 0 aliphatic heterocycles. The maximum absolute atomic E-state index is 2.47. The van der Waals surface area contributed by atoms with Crippen molar-refractivity contribution < 1.29 is 0 Å². The van der Waals surface area contributed by atoms with Crippen molar-refractivity contribution in [3.63, 3.8) is 0 Å². The molecule has 4 nitrogen and oxygen atoms in total. The third-order valence-electron chi connectivity index (χ3n) is 14.8. The third-order valence-corrected chi connectivity index (χ3v) is 14.8. The molecular weight excluding hydrogens is 849 g/mol. The van der Waals surface area contributed by atoms with Gasteiger partial charge in [0.2, 0.25) is 0 Å². The maximum Gasteiger partial charge on any atom is 0.0620 e. The summed E-state index contributed by atoms with van der Waals surface area (Å²) in [5.74, 6) is 0. The molecule has 0 fully saturated rings. The fourth-order valence-corrected chi connectivity index (χ4v) is 11.6. The number of rotatable bonds is 7. The number of para-hydroxylation sites is 6. The van der Waals surface area contributed by atoms with Crippen molar-refractivity contribution >= 4 is 98.8 Å². The number of fused-ring (bicyclic) bond motifs is 12. The molecule has 0 bridgehead atoms. The number of aromatic nitrogens is 3. The van der Waals surface area contributed by atoms with Crippen LogP contribution in [0.5, 0.6) is 0 Å². The largest absolute Gasteiger partial charge is 0.310 e. The molecule has 0 aliphatic carbocycles. The molecule has 0 spiro atoms. The second-order valence-electron chi connectivity index (χ2n) is 18.5. The van der Waals surface area contributed by atoms with Gasteiger partial charge in [-0.25, -0.2) is 0 Å². The van der Waals surface area contributed by atoms with E-state index < -0.39 is 0 Å². The minimum Gasteiger partial charge on any atom is -0.310 e. The first-order valence-corrected chi connectivity index (χ1v) is 24.1. The summed E-state index contributed by atoms with van der Waals surface area (Å²) in [7, 11) is 0. The van der Waals surface area contributed by atoms with E-state index in [0.29, 0.717) is 0 Å². The zero-order chi connectivity index (χ0) is 45.9. The van der Waals surface area contributed by atoms with Crippen LogP contribution >= 0.6 is 0 Å². The SMILES string of the molecule is c1ccc(-n2c3ccccc3c3cc(-c4ccc(N(c5ccc(-c6ccc7c(c6)c6ccccc6n7-c6ccccc6)cc5)c5ccc6c7cccc8c9ccccc9n(c6c5)c87)cc4)ccc32)cc1. The van der Waals surface area contributed by atoms with E-state index in [4.69, 9.17) is 0 Å². The van der Waals surface area contributed by atoms with Crippen LogP contribution in [0.1, 0.15) is 0 Å². The topological polar surface area (TPSA) is 17.5 Å². The molecule has 0 amide bonds. The van der Waals surface area contributed by atoms with E-state index in [0.717, 1.165) is 28.4 Å². The Kier molecular flexibility index (Phi) is 8.33. The lowest BCUT2D eigenvalue weighted by molar-refractivity contribution is 1.18. The van der Waals surface area contributed by atoms with Crippen LogP contribution in [0.2, 0.25) is 0 Å². The summed E-state index contributed by atoms with van der Waals surface area (Å²) in [6, 6.07) is 93.4. The standard InChI is InChI=1S/C66H42N4/c1-3-14-47(15-4-1)68-60-23-10-8-19-53(60)58-40-45(30-38-63(58)68)43-26-32-49(33-27-43)67(51-36-37-55-57-22-13-21-56-52-18-7-12-25-62(52)70(66(56)57)65(55)42-51)50-34-28-44(29-35-50)46-31-39-64-59(41-46)54-20-9-11-24-61(54)69(64)48-16-5-2-6-17-48/h1-42H. The van der Waals surface area contributed by atoms with Gasteiger partial charge in [-0.05, 0) is 125 Å². The van der Waals surface area contributed by atoms with Crippen molar-refractivity contribution in [1.29, 1.82) is 0 Å². The molecule has 0 N–H and O–H groups in total. The molecule has 11 aromatic carbocycles. The van der Waals surface area contributed by atoms with Gasteiger partial charge in [-0.1, -0.05) is 152 Å². The van der Waals surface area contributed by atoms with Crippen molar-refractivity contribution in [1.82, 2.24) is 13.5 Å². The summed E-state index contributed by atoms with van der Waals surface area (Å²) in [5.41, 5.74) is 18.9. The molecular formula is C66H42N4. The molecule has 4 aromatic heterocycles. The second kappa shape index (κ2) is 15.1. The lowest BCUT2D eigenvalue weighted by Crippen LogP contribution is -2.10. The van der Waals surface area contributed by atoms with E-state index in [2.05, 4.69) is 273 Å². The highest BCUT2D eigenvalue weighted by Gasteiger charge is 2.21. The van der Waals surface area contributed by atoms with Crippen LogP contribution in [0.3, 0.4) is 0 Å². The van der Waals surface area contributed by atoms with Crippen LogP contribution in [0.4, 0.5) is 17.1 Å². The van der Waals surface area contributed by atoms with E-state index in [-0.39, 0.29) is 0 Å². The highest BCUT2D eigenvalue weighted by atomic mass is 15.1. The molecule has 0 atom stereocenters. The normalized spacial score (nSPS) is 12.0. The molecule has 0 saturated heterocycles. The van der Waals surface area contributed by atoms with Gasteiger partial charge in [0.25, 0.3) is 0 Å². The highest BCUT2D eigenvalue weighted by Crippen LogP contribution is 2.44. The Labute approximate surface area is 403 Å². The predicted molar refractivity (Wildman–Crippen MR) is 295 cm³/mol. The number of hydrogen-bond acceptors (Lipinski definition) is 1. The van der Waals surface area contributed by atoms with Gasteiger partial charge >= 0.3 is 0 Å². The summed E-state index contributed by atoms with van der Waals surface area (Å²) in [6.07, 6.45) is 0. The Morgan fingerprint density at radius 1 is 0.229 bits per heavy atom. The fourth-order valence-electron chi connectivity index (χ4n) is 11.6. The average Bonchev–Trinajstić information content (AvgIpc) is 4.16. The third kappa shape index (κ3) is 5.71. The fraction of sp³-hybridized carbons (Fsp3) is 0. The lowest BCUT2D eigenvalue weighted by Gasteiger charge is -2.26. The van der Waals surface area contributed by atoms with Gasteiger partial charge in [-0.3, -0.25) is 0 Å². The second-order valence-corrected chi connectivity index (χ2v) is 18.5. The molecule has 70 heavy (non-hydrogen) atoms. The summed E-state index contributed by atoms with van der Waals surface area (Å²) in [4.78, 5) is 2.41. The Bertz CT molecular complexity index is 4300. The van der Waals surface area contributed by atoms with Crippen LogP contribution in [-0.2, 0) is 0 Å². The van der Waals surface area contributed by atoms with E-state index in [1.54, 1.807) is 0 Å². The molecule has 0 saturated carbocycles. The molecule has 0 aliphatic rings. The summed E-state index contributed by atoms with van der Waals surface area (Å²) < 4.78 is 7.22. The van der Waals surface area contributed by atoms with Gasteiger partial charge in [-0.15, -0.1) is 0 Å². The minimum atomic E-state index is 1.09. The van der Waals surface area contributed by atoms with E-state index in [1.807, 2.05) is 0 Å². The Morgan fingerprint density at radius 2 is 0.614 bits per heavy atom.